The lowest BCUT2D eigenvalue weighted by molar-refractivity contribution is -0.128. The molecule has 0 aliphatic carbocycles. The number of pyridine rings is 1. The van der Waals surface area contributed by atoms with Crippen molar-refractivity contribution in [3.8, 4) is 0 Å². The second-order valence-electron chi connectivity index (χ2n) is 8.73. The molecule has 1 atom stereocenters. The second-order valence-corrected chi connectivity index (χ2v) is 8.73. The number of carboxylic acid groups (broad SMARTS) is 1. The lowest BCUT2D eigenvalue weighted by Gasteiger charge is -2.22. The molecule has 0 fully saturated rings. The number of carbonyl (C=O) groups excluding carboxylic acids is 3. The van der Waals surface area contributed by atoms with E-state index in [2.05, 4.69) is 15.3 Å². The molecule has 2 heterocycles. The lowest BCUT2D eigenvalue weighted by atomic mass is 9.97. The molecule has 0 saturated carbocycles. The summed E-state index contributed by atoms with van der Waals surface area (Å²) in [5.41, 5.74) is 0.986. The first-order valence-corrected chi connectivity index (χ1v) is 12.3. The number of imide groups is 1. The summed E-state index contributed by atoms with van der Waals surface area (Å²) in [6, 6.07) is 14.9. The number of anilines is 1. The molecule has 4 amide bonds. The van der Waals surface area contributed by atoms with E-state index in [1.165, 1.54) is 11.9 Å². The van der Waals surface area contributed by atoms with Gasteiger partial charge < -0.3 is 14.8 Å². The van der Waals surface area contributed by atoms with Crippen molar-refractivity contribution >= 4 is 29.6 Å². The topological polar surface area (TPSA) is 146 Å². The number of unbranched alkanes of at least 4 members (excludes halogenated alkanes) is 1. The van der Waals surface area contributed by atoms with Gasteiger partial charge in [-0.1, -0.05) is 43.3 Å². The Balaban J connectivity index is 1.71. The van der Waals surface area contributed by atoms with E-state index in [1.807, 2.05) is 37.3 Å². The minimum atomic E-state index is -1.13. The Bertz CT molecular complexity index is 1230. The fourth-order valence-electron chi connectivity index (χ4n) is 3.76. The minimum Gasteiger partial charge on any atom is -0.465 e. The molecule has 1 aromatic carbocycles. The van der Waals surface area contributed by atoms with Crippen molar-refractivity contribution in [3.63, 3.8) is 0 Å². The number of carbonyl (C=O) groups is 4. The summed E-state index contributed by atoms with van der Waals surface area (Å²) in [5, 5.41) is 10.9. The van der Waals surface area contributed by atoms with Gasteiger partial charge in [-0.2, -0.15) is 4.98 Å². The Hall–Kier alpha value is -4.54. The maximum absolute atomic E-state index is 13.3. The first kappa shape index (κ1) is 28.0. The van der Waals surface area contributed by atoms with Crippen molar-refractivity contribution in [2.45, 2.75) is 38.5 Å². The van der Waals surface area contributed by atoms with Crippen LogP contribution < -0.4 is 10.2 Å². The van der Waals surface area contributed by atoms with Crippen LogP contribution in [-0.2, 0) is 4.79 Å². The molecular weight excluding hydrogens is 490 g/mol. The van der Waals surface area contributed by atoms with Crippen LogP contribution in [0.3, 0.4) is 0 Å². The van der Waals surface area contributed by atoms with Crippen LogP contribution in [0.2, 0.25) is 0 Å². The Morgan fingerprint density at radius 3 is 2.45 bits per heavy atom. The monoisotopic (exact) mass is 521 g/mol. The summed E-state index contributed by atoms with van der Waals surface area (Å²) in [5.74, 6) is -1.57. The van der Waals surface area contributed by atoms with E-state index >= 15 is 0 Å². The molecule has 200 valence electrons. The van der Waals surface area contributed by atoms with Crippen LogP contribution in [0.25, 0.3) is 0 Å². The molecule has 3 rings (SSSR count). The summed E-state index contributed by atoms with van der Waals surface area (Å²) in [7, 11) is 1.53. The molecular formula is C27H31N5O6. The highest BCUT2D eigenvalue weighted by Crippen LogP contribution is 2.20. The zero-order valence-electron chi connectivity index (χ0n) is 21.4. The highest BCUT2D eigenvalue weighted by Gasteiger charge is 2.29. The number of nitrogens with zero attached hydrogens (tertiary/aromatic N) is 4. The number of aromatic nitrogens is 2. The van der Waals surface area contributed by atoms with Crippen LogP contribution in [0.15, 0.2) is 65.4 Å². The Kier molecular flexibility index (Phi) is 10.1. The van der Waals surface area contributed by atoms with E-state index < -0.39 is 23.8 Å². The van der Waals surface area contributed by atoms with Gasteiger partial charge in [0.05, 0.1) is 0 Å². The maximum Gasteiger partial charge on any atom is 0.404 e. The van der Waals surface area contributed by atoms with Crippen LogP contribution >= 0.6 is 0 Å². The summed E-state index contributed by atoms with van der Waals surface area (Å²) < 4.78 is 5.33. The summed E-state index contributed by atoms with van der Waals surface area (Å²) in [6.07, 6.45) is 2.89. The Morgan fingerprint density at radius 1 is 1.03 bits per heavy atom. The average molecular weight is 522 g/mol. The number of rotatable bonds is 12. The van der Waals surface area contributed by atoms with Gasteiger partial charge in [0.1, 0.15) is 12.1 Å². The summed E-state index contributed by atoms with van der Waals surface area (Å²) in [4.78, 5) is 60.4. The first-order chi connectivity index (χ1) is 18.3. The molecule has 0 radical (unpaired) electrons. The van der Waals surface area contributed by atoms with Crippen molar-refractivity contribution in [3.05, 3.63) is 78.1 Å². The first-order valence-electron chi connectivity index (χ1n) is 12.3. The largest absolute Gasteiger partial charge is 0.465 e. The van der Waals surface area contributed by atoms with Crippen molar-refractivity contribution < 1.29 is 28.7 Å². The van der Waals surface area contributed by atoms with E-state index in [9.17, 15) is 19.2 Å². The molecule has 0 aliphatic heterocycles. The minimum absolute atomic E-state index is 0.0433. The Morgan fingerprint density at radius 2 is 1.76 bits per heavy atom. The third-order valence-corrected chi connectivity index (χ3v) is 6.00. The van der Waals surface area contributed by atoms with Gasteiger partial charge in [-0.05, 0) is 42.9 Å². The van der Waals surface area contributed by atoms with Gasteiger partial charge >= 0.3 is 12.0 Å². The number of nitrogens with one attached hydrogen (secondary N) is 1. The highest BCUT2D eigenvalue weighted by molar-refractivity contribution is 6.06. The third kappa shape index (κ3) is 7.73. The van der Waals surface area contributed by atoms with Crippen LogP contribution in [0.5, 0.6) is 0 Å². The summed E-state index contributed by atoms with van der Waals surface area (Å²) >= 11 is 0. The van der Waals surface area contributed by atoms with E-state index in [-0.39, 0.29) is 37.0 Å². The van der Waals surface area contributed by atoms with Crippen molar-refractivity contribution in [2.75, 3.05) is 25.0 Å². The van der Waals surface area contributed by atoms with E-state index in [0.717, 1.165) is 16.7 Å². The molecule has 0 spiro atoms. The number of benzene rings is 1. The number of amides is 4. The molecule has 11 nitrogen and oxygen atoms in total. The predicted molar refractivity (Wildman–Crippen MR) is 139 cm³/mol. The van der Waals surface area contributed by atoms with Crippen molar-refractivity contribution in [1.29, 1.82) is 0 Å². The molecule has 0 saturated heterocycles. The lowest BCUT2D eigenvalue weighted by Crippen LogP contribution is -2.38. The molecule has 2 aromatic heterocycles. The quantitative estimate of drug-likeness (QED) is 0.341. The molecule has 0 bridgehead atoms. The van der Waals surface area contributed by atoms with Gasteiger partial charge in [0.25, 0.3) is 11.8 Å². The number of hydrogen-bond acceptors (Lipinski definition) is 7. The van der Waals surface area contributed by atoms with E-state index in [0.29, 0.717) is 25.1 Å². The average Bonchev–Trinajstić information content (AvgIpc) is 3.43. The van der Waals surface area contributed by atoms with Gasteiger partial charge in [0.15, 0.2) is 5.69 Å². The zero-order chi connectivity index (χ0) is 27.5. The smallest absolute Gasteiger partial charge is 0.404 e. The Labute approximate surface area is 220 Å². The molecule has 2 N–H and O–H groups in total. The number of hydrogen-bond donors (Lipinski definition) is 2. The van der Waals surface area contributed by atoms with Crippen LogP contribution in [0.4, 0.5) is 10.6 Å². The molecule has 38 heavy (non-hydrogen) atoms. The van der Waals surface area contributed by atoms with Gasteiger partial charge in [0.2, 0.25) is 5.91 Å². The highest BCUT2D eigenvalue weighted by atomic mass is 16.4. The predicted octanol–water partition coefficient (Wildman–Crippen LogP) is 3.95. The van der Waals surface area contributed by atoms with Crippen LogP contribution in [0, 0.1) is 0 Å². The molecule has 11 heteroatoms. The number of oxazole rings is 1. The summed E-state index contributed by atoms with van der Waals surface area (Å²) in [6.45, 7) is 2.34. The van der Waals surface area contributed by atoms with Crippen molar-refractivity contribution in [2.24, 2.45) is 0 Å². The van der Waals surface area contributed by atoms with Gasteiger partial charge in [-0.15, -0.1) is 0 Å². The fourth-order valence-corrected chi connectivity index (χ4v) is 3.76. The van der Waals surface area contributed by atoms with Crippen molar-refractivity contribution in [1.82, 2.24) is 20.2 Å². The zero-order valence-corrected chi connectivity index (χ0v) is 21.4. The normalized spacial score (nSPS) is 11.4. The maximum atomic E-state index is 13.3. The van der Waals surface area contributed by atoms with E-state index in [4.69, 9.17) is 9.52 Å². The molecule has 0 aliphatic rings. The van der Waals surface area contributed by atoms with E-state index in [1.54, 1.807) is 24.4 Å². The second kappa shape index (κ2) is 13.7. The fraction of sp³-hybridized carbons (Fsp3) is 0.333. The van der Waals surface area contributed by atoms with Crippen LogP contribution in [-0.4, -0.2) is 63.9 Å². The molecule has 3 aromatic rings. The SMILES string of the molecule is CC(CCN(C(=O)CCCCNC(=O)O)C(=O)c1nc(C(=O)N(C)c2ccccn2)co1)c1ccccc1. The molecule has 1 unspecified atom stereocenters. The van der Waals surface area contributed by atoms with Crippen LogP contribution in [0.1, 0.15) is 65.3 Å². The van der Waals surface area contributed by atoms with Gasteiger partial charge in [-0.25, -0.2) is 9.78 Å². The van der Waals surface area contributed by atoms with Gasteiger partial charge in [-0.3, -0.25) is 24.2 Å². The standard InChI is InChI=1S/C27H31N5O6/c1-19(20-10-4-3-5-11-20)14-17-32(23(33)13-7-9-16-29-27(36)37)26(35)24-30-21(18-38-24)25(34)31(2)22-12-6-8-15-28-22/h3-6,8,10-12,15,18-19,29H,7,9,13-14,16-17H2,1-2H3,(H,36,37). The van der Waals surface area contributed by atoms with Gasteiger partial charge in [0, 0.05) is 32.8 Å². The third-order valence-electron chi connectivity index (χ3n) is 6.00.